The second-order valence-electron chi connectivity index (χ2n) is 5.85. The van der Waals surface area contributed by atoms with Gasteiger partial charge < -0.3 is 11.1 Å². The van der Waals surface area contributed by atoms with E-state index in [1.807, 2.05) is 11.8 Å². The number of likely N-dealkylation sites (tertiary alicyclic amines) is 1. The second kappa shape index (κ2) is 8.11. The average molecular weight is 413 g/mol. The Labute approximate surface area is 160 Å². The predicted octanol–water partition coefficient (Wildman–Crippen LogP) is 3.82. The molecular formula is C15H17Cl4N3O2. The first-order valence-corrected chi connectivity index (χ1v) is 8.88. The number of hydrogen-bond acceptors (Lipinski definition) is 3. The van der Waals surface area contributed by atoms with Crippen molar-refractivity contribution in [3.05, 3.63) is 26.2 Å². The molecule has 3 N–H and O–H groups in total. The lowest BCUT2D eigenvalue weighted by Gasteiger charge is -2.36. The lowest BCUT2D eigenvalue weighted by atomic mass is 9.93. The van der Waals surface area contributed by atoms with Crippen LogP contribution < -0.4 is 11.1 Å². The van der Waals surface area contributed by atoms with Crippen molar-refractivity contribution >= 4 is 63.9 Å². The fourth-order valence-corrected chi connectivity index (χ4v) is 3.58. The molecule has 0 saturated carbocycles. The third kappa shape index (κ3) is 4.46. The number of carbonyl (C=O) groups excluding carboxylic acids is 2. The number of carbonyl (C=O) groups is 2. The van der Waals surface area contributed by atoms with Crippen LogP contribution in [0.25, 0.3) is 0 Å². The van der Waals surface area contributed by atoms with E-state index in [0.29, 0.717) is 6.54 Å². The zero-order chi connectivity index (χ0) is 18.0. The van der Waals surface area contributed by atoms with Crippen LogP contribution in [0.5, 0.6) is 0 Å². The van der Waals surface area contributed by atoms with Crippen LogP contribution in [0.1, 0.15) is 19.8 Å². The Balaban J connectivity index is 2.09. The van der Waals surface area contributed by atoms with E-state index in [2.05, 4.69) is 5.32 Å². The first-order valence-electron chi connectivity index (χ1n) is 7.37. The van der Waals surface area contributed by atoms with Gasteiger partial charge in [0, 0.05) is 12.6 Å². The normalized spacial score (nSPS) is 21.5. The largest absolute Gasteiger partial charge is 0.369 e. The molecule has 2 rings (SSSR count). The molecule has 1 heterocycles. The predicted molar refractivity (Wildman–Crippen MR) is 98.1 cm³/mol. The Hall–Kier alpha value is -0.720. The summed E-state index contributed by atoms with van der Waals surface area (Å²) < 4.78 is 0. The summed E-state index contributed by atoms with van der Waals surface area (Å²) in [6, 6.07) is 1.58. The van der Waals surface area contributed by atoms with Gasteiger partial charge in [-0.05, 0) is 25.8 Å². The zero-order valence-electron chi connectivity index (χ0n) is 12.9. The summed E-state index contributed by atoms with van der Waals surface area (Å²) in [6.07, 6.45) is 1.53. The van der Waals surface area contributed by atoms with E-state index in [1.165, 1.54) is 6.07 Å². The average Bonchev–Trinajstić information content (AvgIpc) is 2.51. The standard InChI is InChI=1S/C15H17Cl4N3O2/c1-7-2-3-8(15(20)24)5-22(7)6-11(23)21-14-12(18)9(16)4-10(17)13(14)19/h4,7-8H,2-3,5-6H2,1H3,(H2,20,24)(H,21,23). The minimum atomic E-state index is -0.347. The number of nitrogens with one attached hydrogen (secondary N) is 1. The molecule has 2 amide bonds. The summed E-state index contributed by atoms with van der Waals surface area (Å²) in [4.78, 5) is 25.6. The highest BCUT2D eigenvalue weighted by Crippen LogP contribution is 2.41. The maximum Gasteiger partial charge on any atom is 0.238 e. The van der Waals surface area contributed by atoms with Gasteiger partial charge in [-0.15, -0.1) is 0 Å². The van der Waals surface area contributed by atoms with Crippen molar-refractivity contribution in [3.8, 4) is 0 Å². The molecule has 1 aromatic carbocycles. The summed E-state index contributed by atoms with van der Waals surface area (Å²) in [5, 5.41) is 3.29. The van der Waals surface area contributed by atoms with Gasteiger partial charge >= 0.3 is 0 Å². The molecule has 2 atom stereocenters. The molecule has 0 spiro atoms. The molecule has 1 aliphatic heterocycles. The van der Waals surface area contributed by atoms with Crippen molar-refractivity contribution in [2.75, 3.05) is 18.4 Å². The number of halogens is 4. The smallest absolute Gasteiger partial charge is 0.238 e. The first-order chi connectivity index (χ1) is 11.2. The number of piperidine rings is 1. The molecule has 0 bridgehead atoms. The monoisotopic (exact) mass is 411 g/mol. The Morgan fingerprint density at radius 2 is 1.79 bits per heavy atom. The summed E-state index contributed by atoms with van der Waals surface area (Å²) >= 11 is 24.1. The Kier molecular flexibility index (Phi) is 6.62. The molecule has 2 unspecified atom stereocenters. The van der Waals surface area contributed by atoms with Crippen molar-refractivity contribution in [3.63, 3.8) is 0 Å². The molecule has 0 aromatic heterocycles. The van der Waals surface area contributed by atoms with E-state index in [1.54, 1.807) is 0 Å². The van der Waals surface area contributed by atoms with Crippen molar-refractivity contribution in [1.82, 2.24) is 4.90 Å². The van der Waals surface area contributed by atoms with Crippen LogP contribution in [0.3, 0.4) is 0 Å². The number of anilines is 1. The van der Waals surface area contributed by atoms with E-state index in [9.17, 15) is 9.59 Å². The zero-order valence-corrected chi connectivity index (χ0v) is 15.9. The van der Waals surface area contributed by atoms with Gasteiger partial charge in [0.15, 0.2) is 0 Å². The van der Waals surface area contributed by atoms with E-state index in [0.717, 1.165) is 12.8 Å². The van der Waals surface area contributed by atoms with Gasteiger partial charge in [-0.1, -0.05) is 46.4 Å². The van der Waals surface area contributed by atoms with Crippen LogP contribution in [0, 0.1) is 5.92 Å². The summed E-state index contributed by atoms with van der Waals surface area (Å²) in [7, 11) is 0. The molecule has 1 saturated heterocycles. The molecule has 1 aliphatic rings. The Morgan fingerprint density at radius 3 is 2.33 bits per heavy atom. The lowest BCUT2D eigenvalue weighted by molar-refractivity contribution is -0.126. The van der Waals surface area contributed by atoms with E-state index in [4.69, 9.17) is 52.1 Å². The molecule has 5 nitrogen and oxygen atoms in total. The number of amides is 2. The van der Waals surface area contributed by atoms with Gasteiger partial charge in [-0.25, -0.2) is 0 Å². The van der Waals surface area contributed by atoms with Crippen molar-refractivity contribution in [1.29, 1.82) is 0 Å². The molecule has 9 heteroatoms. The highest BCUT2D eigenvalue weighted by molar-refractivity contribution is 6.50. The number of hydrogen-bond donors (Lipinski definition) is 2. The lowest BCUT2D eigenvalue weighted by Crippen LogP contribution is -2.48. The third-order valence-electron chi connectivity index (χ3n) is 4.14. The first kappa shape index (κ1) is 19.6. The Bertz CT molecular complexity index is 642. The van der Waals surface area contributed by atoms with E-state index < -0.39 is 0 Å². The summed E-state index contributed by atoms with van der Waals surface area (Å²) in [5.41, 5.74) is 5.55. The van der Waals surface area contributed by atoms with Gasteiger partial charge in [-0.3, -0.25) is 14.5 Å². The molecule has 0 radical (unpaired) electrons. The van der Waals surface area contributed by atoms with Crippen LogP contribution >= 0.6 is 46.4 Å². The van der Waals surface area contributed by atoms with Gasteiger partial charge in [0.05, 0.1) is 38.2 Å². The molecule has 1 fully saturated rings. The SMILES string of the molecule is CC1CCC(C(N)=O)CN1CC(=O)Nc1c(Cl)c(Cl)cc(Cl)c1Cl. The highest BCUT2D eigenvalue weighted by Gasteiger charge is 2.30. The summed E-state index contributed by atoms with van der Waals surface area (Å²) in [6.45, 7) is 2.53. The number of primary amides is 1. The van der Waals surface area contributed by atoms with Crippen LogP contribution in [0.15, 0.2) is 6.07 Å². The minimum absolute atomic E-state index is 0.0851. The minimum Gasteiger partial charge on any atom is -0.369 e. The van der Waals surface area contributed by atoms with Gasteiger partial charge in [0.25, 0.3) is 0 Å². The fourth-order valence-electron chi connectivity index (χ4n) is 2.68. The topological polar surface area (TPSA) is 75.4 Å². The number of nitrogens with zero attached hydrogens (tertiary/aromatic N) is 1. The third-order valence-corrected chi connectivity index (χ3v) is 5.71. The van der Waals surface area contributed by atoms with Crippen molar-refractivity contribution < 1.29 is 9.59 Å². The van der Waals surface area contributed by atoms with Crippen molar-refractivity contribution in [2.24, 2.45) is 11.7 Å². The number of benzene rings is 1. The van der Waals surface area contributed by atoms with Gasteiger partial charge in [0.1, 0.15) is 0 Å². The quantitative estimate of drug-likeness (QED) is 0.738. The van der Waals surface area contributed by atoms with Gasteiger partial charge in [-0.2, -0.15) is 0 Å². The number of rotatable bonds is 4. The van der Waals surface area contributed by atoms with Crippen molar-refractivity contribution in [2.45, 2.75) is 25.8 Å². The number of nitrogens with two attached hydrogens (primary N) is 1. The van der Waals surface area contributed by atoms with E-state index >= 15 is 0 Å². The second-order valence-corrected chi connectivity index (χ2v) is 7.42. The molecular weight excluding hydrogens is 396 g/mol. The molecule has 1 aromatic rings. The fraction of sp³-hybridized carbons (Fsp3) is 0.467. The Morgan fingerprint density at radius 1 is 1.21 bits per heavy atom. The van der Waals surface area contributed by atoms with Gasteiger partial charge in [0.2, 0.25) is 11.8 Å². The van der Waals surface area contributed by atoms with Crippen LogP contribution in [-0.2, 0) is 9.59 Å². The molecule has 24 heavy (non-hydrogen) atoms. The maximum absolute atomic E-state index is 12.4. The molecule has 132 valence electrons. The highest BCUT2D eigenvalue weighted by atomic mass is 35.5. The van der Waals surface area contributed by atoms with Crippen LogP contribution in [-0.4, -0.2) is 35.8 Å². The maximum atomic E-state index is 12.4. The van der Waals surface area contributed by atoms with Crippen LogP contribution in [0.4, 0.5) is 5.69 Å². The van der Waals surface area contributed by atoms with E-state index in [-0.39, 0.29) is 56.1 Å². The van der Waals surface area contributed by atoms with Crippen LogP contribution in [0.2, 0.25) is 20.1 Å². The molecule has 0 aliphatic carbocycles. The summed E-state index contributed by atoms with van der Waals surface area (Å²) in [5.74, 6) is -0.920.